The molecule has 6 aliphatic heterocycles. The van der Waals surface area contributed by atoms with Gasteiger partial charge in [0.15, 0.2) is 37.7 Å². The molecule has 36 nitrogen and oxygen atoms in total. The highest BCUT2D eigenvalue weighted by Gasteiger charge is 2.58. The van der Waals surface area contributed by atoms with E-state index in [1.807, 2.05) is 0 Å². The van der Waals surface area contributed by atoms with Crippen LogP contribution >= 0.6 is 0 Å². The van der Waals surface area contributed by atoms with E-state index in [4.69, 9.17) is 56.8 Å². The lowest BCUT2D eigenvalue weighted by Gasteiger charge is -2.51. The molecule has 30 unspecified atom stereocenters. The highest BCUT2D eigenvalue weighted by atomic mass is 16.8. The molecule has 0 aromatic heterocycles. The van der Waals surface area contributed by atoms with Crippen molar-refractivity contribution in [2.24, 2.45) is 5.92 Å². The van der Waals surface area contributed by atoms with E-state index >= 15 is 0 Å². The maximum Gasteiger partial charge on any atom is 0.217 e. The van der Waals surface area contributed by atoms with Crippen LogP contribution in [0.4, 0.5) is 0 Å². The van der Waals surface area contributed by atoms with E-state index in [9.17, 15) is 105 Å². The zero-order valence-corrected chi connectivity index (χ0v) is 42.9. The van der Waals surface area contributed by atoms with Gasteiger partial charge in [-0.2, -0.15) is 0 Å². The quantitative estimate of drug-likeness (QED) is 0.0538. The Morgan fingerprint density at radius 3 is 0.950 bits per heavy atom. The number of nitrogens with one attached hydrogen (secondary N) is 3. The van der Waals surface area contributed by atoms with Crippen molar-refractivity contribution in [3.63, 3.8) is 0 Å². The van der Waals surface area contributed by atoms with Gasteiger partial charge in [0.1, 0.15) is 134 Å². The molecule has 0 aliphatic carbocycles. The first-order chi connectivity index (χ1) is 37.6. The maximum atomic E-state index is 12.7. The van der Waals surface area contributed by atoms with Gasteiger partial charge in [0.05, 0.1) is 43.8 Å². The molecule has 36 heteroatoms. The van der Waals surface area contributed by atoms with E-state index < -0.39 is 239 Å². The fourth-order valence-corrected chi connectivity index (χ4v) is 10.0. The normalized spacial score (nSPS) is 46.2. The van der Waals surface area contributed by atoms with E-state index in [0.717, 1.165) is 27.9 Å². The lowest BCUT2D eigenvalue weighted by molar-refractivity contribution is -0.393. The molecule has 30 atom stereocenters. The summed E-state index contributed by atoms with van der Waals surface area (Å²) in [5, 5.41) is 176. The number of aliphatic hydroxyl groups excluding tert-OH is 12. The minimum absolute atomic E-state index is 0.677. The summed E-state index contributed by atoms with van der Waals surface area (Å²) in [6.07, 6.45) is -54.3. The fourth-order valence-electron chi connectivity index (χ4n) is 10.0. The van der Waals surface area contributed by atoms with Gasteiger partial charge in [-0.15, -0.1) is 0 Å². The summed E-state index contributed by atoms with van der Waals surface area (Å²) in [5.41, 5.74) is 0. The Hall–Kier alpha value is -4.14. The third-order valence-corrected chi connectivity index (χ3v) is 14.1. The third-order valence-electron chi connectivity index (χ3n) is 14.1. The van der Waals surface area contributed by atoms with E-state index in [1.165, 1.54) is 6.92 Å². The Balaban J connectivity index is 1.18. The molecule has 458 valence electrons. The van der Waals surface area contributed by atoms with E-state index in [2.05, 4.69) is 16.0 Å². The first-order valence-electron chi connectivity index (χ1n) is 24.7. The number of ether oxygens (including phenoxy) is 12. The molecule has 0 radical (unpaired) electrons. The number of aliphatic hydroxyl groups is 12. The molecule has 0 aromatic rings. The first-order valence-corrected chi connectivity index (χ1v) is 24.7. The summed E-state index contributed by atoms with van der Waals surface area (Å²) < 4.78 is 66.7. The van der Waals surface area contributed by atoms with Gasteiger partial charge in [-0.1, -0.05) is 6.92 Å². The van der Waals surface area contributed by atoms with Crippen molar-refractivity contribution in [2.75, 3.05) is 26.9 Å². The number of carboxylic acid groups (broad SMARTS) is 3. The minimum atomic E-state index is -2.55. The summed E-state index contributed by atoms with van der Waals surface area (Å²) in [6, 6.07) is -5.23. The number of carbonyl (C=O) groups is 6. The SMILES string of the molecule is COC1OC(CO)C(OC2OC(C(=O)[O-])C(OC3OC(CO)C(OC4OC(C(=O)[O-])C(OC5OC(CO)C(OC6OC(C(=O)[O-])C(C)C(O)C6O)C(O)C5NC(C)=O)C(O)C4O)C(O)C3NC(C)=O)C(O)C2O)C(O)C1NC(C)=O. The molecule has 15 N–H and O–H groups in total. The summed E-state index contributed by atoms with van der Waals surface area (Å²) in [6.45, 7) is 0.957. The summed E-state index contributed by atoms with van der Waals surface area (Å²) in [5.74, 6) is -9.98. The van der Waals surface area contributed by atoms with Gasteiger partial charge in [0, 0.05) is 33.8 Å². The topological polar surface area (TPSA) is 561 Å². The number of aliphatic carboxylic acids is 3. The van der Waals surface area contributed by atoms with Crippen LogP contribution in [0.5, 0.6) is 0 Å². The van der Waals surface area contributed by atoms with Crippen LogP contribution in [-0.2, 0) is 85.6 Å². The molecule has 6 heterocycles. The van der Waals surface area contributed by atoms with Crippen LogP contribution in [0.2, 0.25) is 0 Å². The lowest BCUT2D eigenvalue weighted by atomic mass is 9.90. The van der Waals surface area contributed by atoms with Crippen LogP contribution in [0, 0.1) is 5.92 Å². The van der Waals surface area contributed by atoms with Crippen LogP contribution < -0.4 is 31.3 Å². The minimum Gasteiger partial charge on any atom is -0.547 e. The van der Waals surface area contributed by atoms with Crippen molar-refractivity contribution in [1.82, 2.24) is 16.0 Å². The molecule has 80 heavy (non-hydrogen) atoms. The number of carbonyl (C=O) groups excluding carboxylic acids is 6. The van der Waals surface area contributed by atoms with Crippen molar-refractivity contribution in [1.29, 1.82) is 0 Å². The van der Waals surface area contributed by atoms with Gasteiger partial charge in [-0.05, 0) is 0 Å². The van der Waals surface area contributed by atoms with Crippen LogP contribution in [-0.4, -0.2) is 302 Å². The van der Waals surface area contributed by atoms with Crippen LogP contribution in [0.15, 0.2) is 0 Å². The second kappa shape index (κ2) is 27.5. The molecule has 6 rings (SSSR count). The van der Waals surface area contributed by atoms with Crippen molar-refractivity contribution < 1.29 is 162 Å². The molecular weight excluding hydrogens is 1100 g/mol. The number of rotatable bonds is 20. The molecule has 0 spiro atoms. The van der Waals surface area contributed by atoms with Gasteiger partial charge in [-0.3, -0.25) is 14.4 Å². The molecular formula is C44H66N3O33-3. The average molecular weight is 1170 g/mol. The summed E-state index contributed by atoms with van der Waals surface area (Å²) >= 11 is 0. The van der Waals surface area contributed by atoms with E-state index in [1.54, 1.807) is 0 Å². The van der Waals surface area contributed by atoms with Gasteiger partial charge in [0.2, 0.25) is 17.7 Å². The molecule has 0 saturated carbocycles. The number of carboxylic acids is 3. The van der Waals surface area contributed by atoms with Crippen molar-refractivity contribution >= 4 is 35.6 Å². The second-order valence-corrected chi connectivity index (χ2v) is 19.6. The standard InChI is InChI=1S/C44H69N3O33/c1-9-19(54)25(60)42(73-28(9)36(63)64)74-30-14(7-49)71-40(17(21(30)56)46-11(3)52)77-33-24(59)27(62)44(80-35(33)38(67)68)76-31-15(8-50)72-41(18(22(31)57)47-12(4)53)78-32-23(58)26(61)43(79-34(32)37(65)66)75-29-13(6-48)70-39(69-5)16(20(29)55)45-10(2)51/h9,13-35,39-44,48-50,54-62H,6-8H2,1-5H3,(H,45,51)(H,46,52)(H,47,53)(H,63,64)(H,65,66)(H,67,68)/p-3. The Kier molecular flexibility index (Phi) is 22.4. The van der Waals surface area contributed by atoms with Crippen molar-refractivity contribution in [3.05, 3.63) is 0 Å². The smallest absolute Gasteiger partial charge is 0.217 e. The number of hydrogen-bond donors (Lipinski definition) is 15. The third kappa shape index (κ3) is 13.9. The molecule has 0 aromatic carbocycles. The van der Waals surface area contributed by atoms with Crippen molar-refractivity contribution in [3.8, 4) is 0 Å². The molecule has 3 amide bonds. The van der Waals surface area contributed by atoms with Gasteiger partial charge in [0.25, 0.3) is 0 Å². The van der Waals surface area contributed by atoms with Crippen LogP contribution in [0.1, 0.15) is 27.7 Å². The highest BCUT2D eigenvalue weighted by molar-refractivity contribution is 5.74. The Labute approximate surface area is 451 Å². The molecule has 6 aliphatic rings. The predicted molar refractivity (Wildman–Crippen MR) is 236 cm³/mol. The highest BCUT2D eigenvalue weighted by Crippen LogP contribution is 2.37. The fraction of sp³-hybridized carbons (Fsp3) is 0.864. The van der Waals surface area contributed by atoms with E-state index in [-0.39, 0.29) is 0 Å². The number of methoxy groups -OCH3 is 1. The Bertz CT molecular complexity index is 2140. The zero-order valence-electron chi connectivity index (χ0n) is 42.9. The molecule has 6 fully saturated rings. The van der Waals surface area contributed by atoms with Crippen LogP contribution in [0.25, 0.3) is 0 Å². The largest absolute Gasteiger partial charge is 0.547 e. The Morgan fingerprint density at radius 2 is 0.662 bits per heavy atom. The van der Waals surface area contributed by atoms with E-state index in [0.29, 0.717) is 0 Å². The number of hydrogen-bond acceptors (Lipinski definition) is 33. The summed E-state index contributed by atoms with van der Waals surface area (Å²) in [4.78, 5) is 73.9. The molecule has 6 saturated heterocycles. The maximum absolute atomic E-state index is 12.7. The second-order valence-electron chi connectivity index (χ2n) is 19.6. The van der Waals surface area contributed by atoms with Gasteiger partial charge in [-0.25, -0.2) is 0 Å². The average Bonchev–Trinajstić information content (AvgIpc) is 3.40. The number of amides is 3. The first kappa shape index (κ1) is 65.0. The van der Waals surface area contributed by atoms with Gasteiger partial charge < -0.3 is 164 Å². The predicted octanol–water partition coefficient (Wildman–Crippen LogP) is -15.5. The van der Waals surface area contributed by atoms with Gasteiger partial charge >= 0.3 is 0 Å². The molecule has 0 bridgehead atoms. The van der Waals surface area contributed by atoms with Crippen molar-refractivity contribution in [2.45, 2.75) is 206 Å². The lowest BCUT2D eigenvalue weighted by Crippen LogP contribution is -2.71. The Morgan fingerprint density at radius 1 is 0.388 bits per heavy atom. The summed E-state index contributed by atoms with van der Waals surface area (Å²) in [7, 11) is 1.15. The zero-order chi connectivity index (χ0) is 59.5. The van der Waals surface area contributed by atoms with Crippen LogP contribution in [0.3, 0.4) is 0 Å². The monoisotopic (exact) mass is 1160 g/mol.